The Balaban J connectivity index is 1.83. The molecule has 3 aromatic rings. The zero-order chi connectivity index (χ0) is 21.3. The number of rotatable bonds is 4. The number of carbonyl (C=O) groups is 2. The van der Waals surface area contributed by atoms with Gasteiger partial charge in [-0.1, -0.05) is 54.1 Å². The Kier molecular flexibility index (Phi) is 5.40. The van der Waals surface area contributed by atoms with E-state index >= 15 is 0 Å². The molecule has 3 aromatic carbocycles. The Hall–Kier alpha value is -3.40. The molecule has 0 fully saturated rings. The third-order valence-electron chi connectivity index (χ3n) is 5.82. The highest BCUT2D eigenvalue weighted by molar-refractivity contribution is 6.07. The first-order chi connectivity index (χ1) is 14.5. The molecule has 0 saturated carbocycles. The molecule has 30 heavy (non-hydrogen) atoms. The summed E-state index contributed by atoms with van der Waals surface area (Å²) in [4.78, 5) is 24.8. The van der Waals surface area contributed by atoms with E-state index in [9.17, 15) is 14.7 Å². The van der Waals surface area contributed by atoms with Crippen LogP contribution in [0.5, 0.6) is 5.75 Å². The number of carbonyl (C=O) groups excluding carboxylic acids is 1. The SMILES string of the molecule is CC1=CCC(C(=O)Oc2cccc3cccc(-c4c(C)cccc4C(=O)O)c23)CC1. The molecule has 152 valence electrons. The fourth-order valence-electron chi connectivity index (χ4n) is 4.17. The number of hydrogen-bond donors (Lipinski definition) is 1. The van der Waals surface area contributed by atoms with Gasteiger partial charge < -0.3 is 9.84 Å². The maximum absolute atomic E-state index is 12.9. The summed E-state index contributed by atoms with van der Waals surface area (Å²) in [6, 6.07) is 16.6. The highest BCUT2D eigenvalue weighted by atomic mass is 16.5. The van der Waals surface area contributed by atoms with E-state index in [1.54, 1.807) is 18.2 Å². The van der Waals surface area contributed by atoms with E-state index in [-0.39, 0.29) is 17.5 Å². The van der Waals surface area contributed by atoms with Crippen molar-refractivity contribution < 1.29 is 19.4 Å². The summed E-state index contributed by atoms with van der Waals surface area (Å²) in [6.45, 7) is 3.98. The van der Waals surface area contributed by atoms with Gasteiger partial charge in [-0.2, -0.15) is 0 Å². The Labute approximate surface area is 175 Å². The predicted octanol–water partition coefficient (Wildman–Crippen LogP) is 6.17. The van der Waals surface area contributed by atoms with E-state index < -0.39 is 5.97 Å². The smallest absolute Gasteiger partial charge is 0.336 e. The van der Waals surface area contributed by atoms with E-state index in [0.29, 0.717) is 17.7 Å². The average molecular weight is 400 g/mol. The van der Waals surface area contributed by atoms with Gasteiger partial charge in [-0.15, -0.1) is 0 Å². The number of fused-ring (bicyclic) bond motifs is 1. The highest BCUT2D eigenvalue weighted by Gasteiger charge is 2.24. The van der Waals surface area contributed by atoms with Gasteiger partial charge in [0.2, 0.25) is 0 Å². The number of aromatic carboxylic acids is 1. The minimum absolute atomic E-state index is 0.149. The van der Waals surface area contributed by atoms with Crippen molar-refractivity contribution in [1.29, 1.82) is 0 Å². The summed E-state index contributed by atoms with van der Waals surface area (Å²) in [6.07, 6.45) is 4.51. The minimum Gasteiger partial charge on any atom is -0.478 e. The largest absolute Gasteiger partial charge is 0.478 e. The normalized spacial score (nSPS) is 16.2. The quantitative estimate of drug-likeness (QED) is 0.323. The first kappa shape index (κ1) is 19.9. The molecule has 0 saturated heterocycles. The Morgan fingerprint density at radius 2 is 1.73 bits per heavy atom. The summed E-state index contributed by atoms with van der Waals surface area (Å²) in [5.41, 5.74) is 3.81. The number of carboxylic acid groups (broad SMARTS) is 1. The zero-order valence-electron chi connectivity index (χ0n) is 17.1. The molecule has 4 rings (SSSR count). The second kappa shape index (κ2) is 8.15. The minimum atomic E-state index is -0.982. The van der Waals surface area contributed by atoms with E-state index in [2.05, 4.69) is 13.0 Å². The third kappa shape index (κ3) is 3.73. The molecule has 4 nitrogen and oxygen atoms in total. The third-order valence-corrected chi connectivity index (χ3v) is 5.82. The molecule has 0 bridgehead atoms. The zero-order valence-corrected chi connectivity index (χ0v) is 17.1. The first-order valence-electron chi connectivity index (χ1n) is 10.2. The van der Waals surface area contributed by atoms with Gasteiger partial charge in [0.15, 0.2) is 0 Å². The molecule has 0 spiro atoms. The van der Waals surface area contributed by atoms with Crippen molar-refractivity contribution in [3.8, 4) is 16.9 Å². The summed E-state index contributed by atoms with van der Waals surface area (Å²) in [5, 5.41) is 11.4. The highest BCUT2D eigenvalue weighted by Crippen LogP contribution is 2.39. The lowest BCUT2D eigenvalue weighted by Crippen LogP contribution is -2.22. The molecule has 1 unspecified atom stereocenters. The first-order valence-corrected chi connectivity index (χ1v) is 10.2. The number of hydrogen-bond acceptors (Lipinski definition) is 3. The number of aryl methyl sites for hydroxylation is 1. The lowest BCUT2D eigenvalue weighted by molar-refractivity contribution is -0.139. The van der Waals surface area contributed by atoms with Crippen molar-refractivity contribution in [2.24, 2.45) is 5.92 Å². The van der Waals surface area contributed by atoms with Gasteiger partial charge >= 0.3 is 11.9 Å². The van der Waals surface area contributed by atoms with Gasteiger partial charge in [-0.25, -0.2) is 4.79 Å². The monoisotopic (exact) mass is 400 g/mol. The fourth-order valence-corrected chi connectivity index (χ4v) is 4.17. The number of carboxylic acids is 1. The lowest BCUT2D eigenvalue weighted by atomic mass is 9.90. The molecule has 0 radical (unpaired) electrons. The van der Waals surface area contributed by atoms with Crippen LogP contribution in [-0.4, -0.2) is 17.0 Å². The maximum Gasteiger partial charge on any atom is 0.336 e. The van der Waals surface area contributed by atoms with Gasteiger partial charge in [-0.05, 0) is 67.3 Å². The van der Waals surface area contributed by atoms with Crippen molar-refractivity contribution in [1.82, 2.24) is 0 Å². The Morgan fingerprint density at radius 1 is 1.00 bits per heavy atom. The molecule has 1 atom stereocenters. The van der Waals surface area contributed by atoms with Crippen LogP contribution in [0.1, 0.15) is 42.1 Å². The second-order valence-corrected chi connectivity index (χ2v) is 7.91. The molecule has 1 aliphatic rings. The van der Waals surface area contributed by atoms with Crippen molar-refractivity contribution in [3.05, 3.63) is 77.4 Å². The van der Waals surface area contributed by atoms with Crippen molar-refractivity contribution in [2.75, 3.05) is 0 Å². The topological polar surface area (TPSA) is 63.6 Å². The second-order valence-electron chi connectivity index (χ2n) is 7.91. The predicted molar refractivity (Wildman–Crippen MR) is 118 cm³/mol. The summed E-state index contributed by atoms with van der Waals surface area (Å²) >= 11 is 0. The van der Waals surface area contributed by atoms with E-state index in [1.165, 1.54) is 5.57 Å². The van der Waals surface area contributed by atoms with E-state index in [4.69, 9.17) is 4.74 Å². The molecule has 0 aromatic heterocycles. The summed E-state index contributed by atoms with van der Waals surface area (Å²) in [5.74, 6) is -0.892. The van der Waals surface area contributed by atoms with Crippen LogP contribution in [-0.2, 0) is 4.79 Å². The van der Waals surface area contributed by atoms with Crippen LogP contribution in [0.3, 0.4) is 0 Å². The van der Waals surface area contributed by atoms with Crippen LogP contribution in [0.25, 0.3) is 21.9 Å². The van der Waals surface area contributed by atoms with Gasteiger partial charge in [-0.3, -0.25) is 4.79 Å². The molecule has 0 amide bonds. The van der Waals surface area contributed by atoms with Crippen molar-refractivity contribution >= 4 is 22.7 Å². The van der Waals surface area contributed by atoms with Crippen LogP contribution >= 0.6 is 0 Å². The molecular weight excluding hydrogens is 376 g/mol. The number of ether oxygens (including phenoxy) is 1. The van der Waals surface area contributed by atoms with Crippen LogP contribution < -0.4 is 4.74 Å². The Morgan fingerprint density at radius 3 is 2.43 bits per heavy atom. The summed E-state index contributed by atoms with van der Waals surface area (Å²) in [7, 11) is 0. The standard InChI is InChI=1S/C26H24O4/c1-16-12-14-19(15-13-16)26(29)30-22-11-5-8-18-7-4-9-20(24(18)22)23-17(2)6-3-10-21(23)25(27)28/h3-12,19H,13-15H2,1-2H3,(H,27,28). The number of esters is 1. The van der Waals surface area contributed by atoms with Crippen molar-refractivity contribution in [2.45, 2.75) is 33.1 Å². The van der Waals surface area contributed by atoms with Crippen LogP contribution in [0.4, 0.5) is 0 Å². The van der Waals surface area contributed by atoms with E-state index in [0.717, 1.165) is 34.7 Å². The molecular formula is C26H24O4. The van der Waals surface area contributed by atoms with Crippen LogP contribution in [0, 0.1) is 12.8 Å². The van der Waals surface area contributed by atoms with Gasteiger partial charge in [0, 0.05) is 5.39 Å². The van der Waals surface area contributed by atoms with Gasteiger partial charge in [0.05, 0.1) is 11.5 Å². The number of benzene rings is 3. The van der Waals surface area contributed by atoms with Crippen LogP contribution in [0.15, 0.2) is 66.2 Å². The molecule has 0 aliphatic heterocycles. The lowest BCUT2D eigenvalue weighted by Gasteiger charge is -2.20. The maximum atomic E-state index is 12.9. The van der Waals surface area contributed by atoms with Crippen LogP contribution in [0.2, 0.25) is 0 Å². The van der Waals surface area contributed by atoms with Gasteiger partial charge in [0.1, 0.15) is 5.75 Å². The van der Waals surface area contributed by atoms with E-state index in [1.807, 2.05) is 43.3 Å². The fraction of sp³-hybridized carbons (Fsp3) is 0.231. The number of allylic oxidation sites excluding steroid dienone is 2. The molecule has 4 heteroatoms. The molecule has 1 aliphatic carbocycles. The molecule has 1 N–H and O–H groups in total. The molecule has 0 heterocycles. The van der Waals surface area contributed by atoms with Crippen molar-refractivity contribution in [3.63, 3.8) is 0 Å². The average Bonchev–Trinajstić information content (AvgIpc) is 2.73. The Bertz CT molecular complexity index is 1170. The summed E-state index contributed by atoms with van der Waals surface area (Å²) < 4.78 is 5.89. The van der Waals surface area contributed by atoms with Gasteiger partial charge in [0.25, 0.3) is 0 Å².